The van der Waals surface area contributed by atoms with Gasteiger partial charge in [0.2, 0.25) is 0 Å². The van der Waals surface area contributed by atoms with Crippen LogP contribution >= 0.6 is 11.8 Å². The molecule has 0 radical (unpaired) electrons. The molecule has 0 amide bonds. The first kappa shape index (κ1) is 10.5. The molecule has 1 aliphatic carbocycles. The van der Waals surface area contributed by atoms with Gasteiger partial charge in [0, 0.05) is 17.7 Å². The molecular formula is C12H19N3S. The van der Waals surface area contributed by atoms with Gasteiger partial charge < -0.3 is 5.73 Å². The number of nitrogens with zero attached hydrogens (tertiary/aromatic N) is 2. The molecule has 0 saturated heterocycles. The number of hydrogen-bond donors (Lipinski definition) is 1. The Hall–Kier alpha value is -0.640. The molecule has 0 atom stereocenters. The van der Waals surface area contributed by atoms with Crippen molar-refractivity contribution in [2.75, 3.05) is 11.5 Å². The Labute approximate surface area is 101 Å². The summed E-state index contributed by atoms with van der Waals surface area (Å²) in [6.07, 6.45) is 7.68. The summed E-state index contributed by atoms with van der Waals surface area (Å²) in [6, 6.07) is 0.573. The van der Waals surface area contributed by atoms with Crippen LogP contribution in [-0.2, 0) is 12.2 Å². The van der Waals surface area contributed by atoms with Crippen LogP contribution in [0.1, 0.15) is 49.4 Å². The molecule has 88 valence electrons. The summed E-state index contributed by atoms with van der Waals surface area (Å²) in [5.74, 6) is 3.22. The van der Waals surface area contributed by atoms with Crippen LogP contribution < -0.4 is 5.73 Å². The van der Waals surface area contributed by atoms with Gasteiger partial charge in [-0.15, -0.1) is 0 Å². The van der Waals surface area contributed by atoms with Crippen molar-refractivity contribution in [3.05, 3.63) is 11.3 Å². The van der Waals surface area contributed by atoms with Crippen LogP contribution in [0.25, 0.3) is 0 Å². The van der Waals surface area contributed by atoms with Crippen LogP contribution in [0.3, 0.4) is 0 Å². The molecule has 2 N–H and O–H groups in total. The molecule has 0 bridgehead atoms. The highest BCUT2D eigenvalue weighted by molar-refractivity contribution is 7.98. The van der Waals surface area contributed by atoms with E-state index < -0.39 is 0 Å². The fraction of sp³-hybridized carbons (Fsp3) is 0.750. The van der Waals surface area contributed by atoms with E-state index >= 15 is 0 Å². The summed E-state index contributed by atoms with van der Waals surface area (Å²) in [5.41, 5.74) is 8.83. The van der Waals surface area contributed by atoms with Gasteiger partial charge in [-0.25, -0.2) is 4.68 Å². The number of aryl methyl sites for hydroxylation is 1. The van der Waals surface area contributed by atoms with Gasteiger partial charge in [0.15, 0.2) is 0 Å². The zero-order chi connectivity index (χ0) is 11.0. The minimum absolute atomic E-state index is 0.573. The summed E-state index contributed by atoms with van der Waals surface area (Å²) in [4.78, 5) is 0. The molecule has 0 aromatic carbocycles. The Morgan fingerprint density at radius 2 is 2.06 bits per heavy atom. The lowest BCUT2D eigenvalue weighted by Crippen LogP contribution is -2.16. The normalized spacial score (nSPS) is 22.0. The smallest absolute Gasteiger partial charge is 0.126 e. The summed E-state index contributed by atoms with van der Waals surface area (Å²) < 4.78 is 2.13. The van der Waals surface area contributed by atoms with E-state index in [1.54, 1.807) is 0 Å². The van der Waals surface area contributed by atoms with Gasteiger partial charge in [-0.3, -0.25) is 0 Å². The number of anilines is 1. The minimum Gasteiger partial charge on any atom is -0.384 e. The van der Waals surface area contributed by atoms with Crippen LogP contribution in [0.4, 0.5) is 5.82 Å². The molecule has 0 spiro atoms. The highest BCUT2D eigenvalue weighted by Gasteiger charge is 2.24. The van der Waals surface area contributed by atoms with Crippen molar-refractivity contribution in [3.63, 3.8) is 0 Å². The van der Waals surface area contributed by atoms with Crippen molar-refractivity contribution in [2.24, 2.45) is 0 Å². The third kappa shape index (κ3) is 1.73. The molecular weight excluding hydrogens is 218 g/mol. The molecule has 1 fully saturated rings. The Bertz CT molecular complexity index is 380. The van der Waals surface area contributed by atoms with Crippen LogP contribution in [0.2, 0.25) is 0 Å². The number of hydrogen-bond acceptors (Lipinski definition) is 3. The third-order valence-corrected chi connectivity index (χ3v) is 4.77. The maximum Gasteiger partial charge on any atom is 0.126 e. The van der Waals surface area contributed by atoms with E-state index in [1.165, 1.54) is 49.1 Å². The lowest BCUT2D eigenvalue weighted by molar-refractivity contribution is 0.332. The molecule has 2 aliphatic rings. The number of rotatable bonds is 1. The molecule has 3 rings (SSSR count). The lowest BCUT2D eigenvalue weighted by atomic mass is 9.96. The Balaban J connectivity index is 1.91. The quantitative estimate of drug-likeness (QED) is 0.816. The second kappa shape index (κ2) is 4.32. The second-order valence-electron chi connectivity index (χ2n) is 4.85. The van der Waals surface area contributed by atoms with Gasteiger partial charge in [0.25, 0.3) is 0 Å². The lowest BCUT2D eigenvalue weighted by Gasteiger charge is -2.23. The van der Waals surface area contributed by atoms with Gasteiger partial charge in [0.1, 0.15) is 5.82 Å². The molecule has 3 nitrogen and oxygen atoms in total. The van der Waals surface area contributed by atoms with Crippen molar-refractivity contribution in [3.8, 4) is 0 Å². The standard InChI is InChI=1S/C12H19N3S/c13-12-10-8-16-7-6-11(10)14-15(12)9-4-2-1-3-5-9/h9H,1-8,13H2. The minimum atomic E-state index is 0.573. The van der Waals surface area contributed by atoms with Crippen LogP contribution in [0, 0.1) is 0 Å². The summed E-state index contributed by atoms with van der Waals surface area (Å²) >= 11 is 1.98. The zero-order valence-corrected chi connectivity index (χ0v) is 10.4. The van der Waals surface area contributed by atoms with E-state index in [-0.39, 0.29) is 0 Å². The van der Waals surface area contributed by atoms with E-state index in [0.29, 0.717) is 6.04 Å². The molecule has 1 saturated carbocycles. The maximum atomic E-state index is 6.24. The summed E-state index contributed by atoms with van der Waals surface area (Å²) in [5, 5.41) is 4.75. The fourth-order valence-corrected chi connectivity index (χ4v) is 3.84. The first-order valence-electron chi connectivity index (χ1n) is 6.30. The number of nitrogen functional groups attached to an aromatic ring is 1. The van der Waals surface area contributed by atoms with Gasteiger partial charge in [-0.1, -0.05) is 19.3 Å². The number of aromatic nitrogens is 2. The predicted molar refractivity (Wildman–Crippen MR) is 68.6 cm³/mol. The number of nitrogens with two attached hydrogens (primary N) is 1. The summed E-state index contributed by atoms with van der Waals surface area (Å²) in [6.45, 7) is 0. The van der Waals surface area contributed by atoms with Crippen molar-refractivity contribution < 1.29 is 0 Å². The number of thioether (sulfide) groups is 1. The first-order valence-corrected chi connectivity index (χ1v) is 7.45. The van der Waals surface area contributed by atoms with Crippen molar-refractivity contribution in [2.45, 2.75) is 50.3 Å². The monoisotopic (exact) mass is 237 g/mol. The van der Waals surface area contributed by atoms with Crippen molar-refractivity contribution in [1.82, 2.24) is 9.78 Å². The van der Waals surface area contributed by atoms with Crippen LogP contribution in [-0.4, -0.2) is 15.5 Å². The van der Waals surface area contributed by atoms with Crippen molar-refractivity contribution in [1.29, 1.82) is 0 Å². The highest BCUT2D eigenvalue weighted by Crippen LogP contribution is 2.34. The average molecular weight is 237 g/mol. The average Bonchev–Trinajstić information content (AvgIpc) is 2.69. The zero-order valence-electron chi connectivity index (χ0n) is 9.61. The molecule has 1 aromatic rings. The largest absolute Gasteiger partial charge is 0.384 e. The third-order valence-electron chi connectivity index (χ3n) is 3.78. The van der Waals surface area contributed by atoms with Gasteiger partial charge in [-0.05, 0) is 18.6 Å². The van der Waals surface area contributed by atoms with Crippen LogP contribution in [0.15, 0.2) is 0 Å². The Kier molecular flexibility index (Phi) is 2.84. The van der Waals surface area contributed by atoms with E-state index in [4.69, 9.17) is 10.8 Å². The molecule has 1 aliphatic heterocycles. The van der Waals surface area contributed by atoms with Gasteiger partial charge in [-0.2, -0.15) is 16.9 Å². The van der Waals surface area contributed by atoms with Gasteiger partial charge in [0.05, 0.1) is 11.7 Å². The first-order chi connectivity index (χ1) is 7.86. The van der Waals surface area contributed by atoms with E-state index in [9.17, 15) is 0 Å². The topological polar surface area (TPSA) is 43.8 Å². The maximum absolute atomic E-state index is 6.24. The van der Waals surface area contributed by atoms with E-state index in [0.717, 1.165) is 18.0 Å². The number of fused-ring (bicyclic) bond motifs is 1. The van der Waals surface area contributed by atoms with E-state index in [2.05, 4.69) is 4.68 Å². The van der Waals surface area contributed by atoms with Crippen molar-refractivity contribution >= 4 is 17.6 Å². The Morgan fingerprint density at radius 3 is 2.81 bits per heavy atom. The molecule has 1 aromatic heterocycles. The Morgan fingerprint density at radius 1 is 1.25 bits per heavy atom. The molecule has 2 heterocycles. The fourth-order valence-electron chi connectivity index (χ4n) is 2.84. The SMILES string of the molecule is Nc1c2c(nn1C1CCCCC1)CCSC2. The predicted octanol–water partition coefficient (Wildman–Crippen LogP) is 2.76. The highest BCUT2D eigenvalue weighted by atomic mass is 32.2. The van der Waals surface area contributed by atoms with E-state index in [1.807, 2.05) is 11.8 Å². The van der Waals surface area contributed by atoms with Gasteiger partial charge >= 0.3 is 0 Å². The molecule has 16 heavy (non-hydrogen) atoms. The molecule has 4 heteroatoms. The second-order valence-corrected chi connectivity index (χ2v) is 5.95. The van der Waals surface area contributed by atoms with Crippen LogP contribution in [0.5, 0.6) is 0 Å². The summed E-state index contributed by atoms with van der Waals surface area (Å²) in [7, 11) is 0. The molecule has 0 unspecified atom stereocenters.